The molecule has 0 bridgehead atoms. The molecule has 6 heteroatoms. The van der Waals surface area contributed by atoms with Gasteiger partial charge in [0, 0.05) is 28.8 Å². The van der Waals surface area contributed by atoms with Crippen molar-refractivity contribution in [1.82, 2.24) is 4.90 Å². The Morgan fingerprint density at radius 2 is 1.85 bits per heavy atom. The van der Waals surface area contributed by atoms with E-state index in [-0.39, 0.29) is 22.8 Å². The maximum Gasteiger partial charge on any atom is 0.256 e. The van der Waals surface area contributed by atoms with Gasteiger partial charge in [-0.25, -0.2) is 0 Å². The van der Waals surface area contributed by atoms with Crippen molar-refractivity contribution in [3.05, 3.63) is 75.8 Å². The summed E-state index contributed by atoms with van der Waals surface area (Å²) in [7, 11) is 0. The van der Waals surface area contributed by atoms with E-state index < -0.39 is 11.6 Å². The molecule has 2 fully saturated rings. The van der Waals surface area contributed by atoms with Crippen LogP contribution in [0.4, 0.5) is 5.69 Å². The van der Waals surface area contributed by atoms with Crippen molar-refractivity contribution in [3.8, 4) is 0 Å². The van der Waals surface area contributed by atoms with Crippen molar-refractivity contribution < 1.29 is 9.72 Å². The highest BCUT2D eigenvalue weighted by Gasteiger charge is 2.73. The molecule has 0 radical (unpaired) electrons. The molecule has 1 spiro atoms. The molecule has 3 aliphatic heterocycles. The van der Waals surface area contributed by atoms with Crippen molar-refractivity contribution in [3.63, 3.8) is 0 Å². The number of carbonyl (C=O) groups excluding carboxylic acids is 1. The van der Waals surface area contributed by atoms with Crippen LogP contribution < -0.4 is 5.32 Å². The van der Waals surface area contributed by atoms with Gasteiger partial charge in [-0.15, -0.1) is 0 Å². The van der Waals surface area contributed by atoms with E-state index in [2.05, 4.69) is 10.2 Å². The van der Waals surface area contributed by atoms with Crippen LogP contribution in [0, 0.1) is 10.1 Å². The third-order valence-corrected chi connectivity index (χ3v) is 6.28. The molecule has 2 aromatic carbocycles. The summed E-state index contributed by atoms with van der Waals surface area (Å²) in [5.41, 5.74) is 1.17. The van der Waals surface area contributed by atoms with Crippen LogP contribution in [-0.2, 0) is 10.3 Å². The number of nitrogens with zero attached hydrogens (tertiary/aromatic N) is 2. The number of para-hydroxylation sites is 1. The fraction of sp³-hybridized carbons (Fsp3) is 0.350. The van der Waals surface area contributed by atoms with Crippen molar-refractivity contribution in [2.24, 2.45) is 0 Å². The molecule has 2 aromatic rings. The van der Waals surface area contributed by atoms with Crippen molar-refractivity contribution >= 4 is 11.6 Å². The van der Waals surface area contributed by atoms with Gasteiger partial charge in [-0.05, 0) is 24.5 Å². The number of amides is 1. The van der Waals surface area contributed by atoms with Crippen LogP contribution in [0.1, 0.15) is 29.9 Å². The summed E-state index contributed by atoms with van der Waals surface area (Å²) in [6.07, 6.45) is 1.83. The maximum absolute atomic E-state index is 13.2. The summed E-state index contributed by atoms with van der Waals surface area (Å²) in [4.78, 5) is 27.5. The van der Waals surface area contributed by atoms with Gasteiger partial charge in [0.1, 0.15) is 0 Å². The number of hydrogen-bond donors (Lipinski definition) is 1. The SMILES string of the molecule is O=C1Nc2ccccc2[C@]12[C@H]([N+](=O)[O-])[C@@H](c1ccccc1)[C@@H]1CCCN12. The first-order valence-electron chi connectivity index (χ1n) is 9.02. The summed E-state index contributed by atoms with van der Waals surface area (Å²) in [5.74, 6) is -0.559. The Labute approximate surface area is 151 Å². The third-order valence-electron chi connectivity index (χ3n) is 6.28. The van der Waals surface area contributed by atoms with Crippen LogP contribution in [0.15, 0.2) is 54.6 Å². The third kappa shape index (κ3) is 1.77. The average molecular weight is 349 g/mol. The highest BCUT2D eigenvalue weighted by molar-refractivity contribution is 6.07. The van der Waals surface area contributed by atoms with E-state index >= 15 is 0 Å². The zero-order valence-corrected chi connectivity index (χ0v) is 14.2. The molecule has 1 amide bonds. The standard InChI is InChI=1S/C20H19N3O3/c24-19-20(14-9-4-5-10-15(14)21-19)18(23(25)26)17(13-7-2-1-3-8-13)16-11-6-12-22(16)20/h1-5,7-10,16-18H,6,11-12H2,(H,21,24)/t16-,17-,18+,20-/m0/s1. The fourth-order valence-corrected chi connectivity index (χ4v) is 5.45. The first-order chi connectivity index (χ1) is 12.7. The van der Waals surface area contributed by atoms with E-state index in [0.717, 1.165) is 24.0 Å². The van der Waals surface area contributed by atoms with Crippen LogP contribution in [0.5, 0.6) is 0 Å². The molecule has 0 saturated carbocycles. The second kappa shape index (κ2) is 5.38. The van der Waals surface area contributed by atoms with Gasteiger partial charge < -0.3 is 5.32 Å². The number of fused-ring (bicyclic) bond motifs is 4. The van der Waals surface area contributed by atoms with Crippen molar-refractivity contribution in [2.75, 3.05) is 11.9 Å². The summed E-state index contributed by atoms with van der Waals surface area (Å²) < 4.78 is 0. The number of rotatable bonds is 2. The summed E-state index contributed by atoms with van der Waals surface area (Å²) in [6.45, 7) is 0.708. The van der Waals surface area contributed by atoms with Crippen LogP contribution in [0.25, 0.3) is 0 Å². The van der Waals surface area contributed by atoms with Crippen LogP contribution in [-0.4, -0.2) is 34.4 Å². The quantitative estimate of drug-likeness (QED) is 0.668. The molecule has 0 aromatic heterocycles. The van der Waals surface area contributed by atoms with Gasteiger partial charge >= 0.3 is 0 Å². The molecule has 6 nitrogen and oxygen atoms in total. The van der Waals surface area contributed by atoms with E-state index in [1.165, 1.54) is 0 Å². The first kappa shape index (κ1) is 15.5. The molecule has 1 N–H and O–H groups in total. The number of nitro groups is 1. The second-order valence-corrected chi connectivity index (χ2v) is 7.34. The van der Waals surface area contributed by atoms with Crippen LogP contribution in [0.3, 0.4) is 0 Å². The Balaban J connectivity index is 1.78. The highest BCUT2D eigenvalue weighted by Crippen LogP contribution is 2.57. The van der Waals surface area contributed by atoms with Crippen molar-refractivity contribution in [1.29, 1.82) is 0 Å². The normalized spacial score (nSPS) is 32.5. The molecular formula is C20H19N3O3. The number of benzene rings is 2. The smallest absolute Gasteiger partial charge is 0.256 e. The number of anilines is 1. The number of hydrogen-bond acceptors (Lipinski definition) is 4. The van der Waals surface area contributed by atoms with Crippen molar-refractivity contribution in [2.45, 2.75) is 36.4 Å². The van der Waals surface area contributed by atoms with Gasteiger partial charge in [-0.2, -0.15) is 0 Å². The molecule has 3 aliphatic rings. The molecule has 132 valence electrons. The first-order valence-corrected chi connectivity index (χ1v) is 9.02. The zero-order valence-electron chi connectivity index (χ0n) is 14.2. The lowest BCUT2D eigenvalue weighted by Crippen LogP contribution is -2.55. The maximum atomic E-state index is 13.2. The van der Waals surface area contributed by atoms with Crippen LogP contribution >= 0.6 is 0 Å². The van der Waals surface area contributed by atoms with E-state index in [4.69, 9.17) is 0 Å². The molecule has 2 saturated heterocycles. The second-order valence-electron chi connectivity index (χ2n) is 7.34. The zero-order chi connectivity index (χ0) is 17.9. The molecule has 0 aliphatic carbocycles. The molecule has 4 atom stereocenters. The lowest BCUT2D eigenvalue weighted by molar-refractivity contribution is -0.534. The van der Waals surface area contributed by atoms with E-state index in [9.17, 15) is 14.9 Å². The Morgan fingerprint density at radius 1 is 1.12 bits per heavy atom. The monoisotopic (exact) mass is 349 g/mol. The van der Waals surface area contributed by atoms with Gasteiger partial charge in [0.2, 0.25) is 0 Å². The van der Waals surface area contributed by atoms with Gasteiger partial charge in [-0.3, -0.25) is 19.8 Å². The Bertz CT molecular complexity index is 900. The predicted octanol–water partition coefficient (Wildman–Crippen LogP) is 2.74. The Hall–Kier alpha value is -2.73. The summed E-state index contributed by atoms with van der Waals surface area (Å²) in [5, 5.41) is 15.2. The summed E-state index contributed by atoms with van der Waals surface area (Å²) in [6, 6.07) is 16.1. The fourth-order valence-electron chi connectivity index (χ4n) is 5.45. The molecular weight excluding hydrogens is 330 g/mol. The minimum atomic E-state index is -1.22. The molecule has 5 rings (SSSR count). The Kier molecular flexibility index (Phi) is 3.21. The molecule has 3 heterocycles. The Morgan fingerprint density at radius 3 is 2.62 bits per heavy atom. The van der Waals surface area contributed by atoms with Gasteiger partial charge in [0.25, 0.3) is 11.9 Å². The minimum absolute atomic E-state index is 0.00436. The predicted molar refractivity (Wildman–Crippen MR) is 96.4 cm³/mol. The lowest BCUT2D eigenvalue weighted by atomic mass is 9.77. The van der Waals surface area contributed by atoms with Gasteiger partial charge in [-0.1, -0.05) is 48.5 Å². The van der Waals surface area contributed by atoms with E-state index in [0.29, 0.717) is 12.2 Å². The topological polar surface area (TPSA) is 75.5 Å². The number of carbonyl (C=O) groups is 1. The minimum Gasteiger partial charge on any atom is -0.324 e. The average Bonchev–Trinajstić information content (AvgIpc) is 3.29. The van der Waals surface area contributed by atoms with E-state index in [1.807, 2.05) is 54.6 Å². The molecule has 26 heavy (non-hydrogen) atoms. The number of nitrogens with one attached hydrogen (secondary N) is 1. The van der Waals surface area contributed by atoms with Gasteiger partial charge in [0.05, 0.1) is 5.92 Å². The largest absolute Gasteiger partial charge is 0.324 e. The molecule has 0 unspecified atom stereocenters. The van der Waals surface area contributed by atoms with Crippen LogP contribution in [0.2, 0.25) is 0 Å². The highest BCUT2D eigenvalue weighted by atomic mass is 16.6. The lowest BCUT2D eigenvalue weighted by Gasteiger charge is -2.32. The summed E-state index contributed by atoms with van der Waals surface area (Å²) >= 11 is 0. The van der Waals surface area contributed by atoms with Gasteiger partial charge in [0.15, 0.2) is 5.54 Å². The van der Waals surface area contributed by atoms with E-state index in [1.54, 1.807) is 0 Å².